The van der Waals surface area contributed by atoms with Crippen molar-refractivity contribution >= 4 is 0 Å². The van der Waals surface area contributed by atoms with Crippen LogP contribution >= 0.6 is 0 Å². The van der Waals surface area contributed by atoms with Gasteiger partial charge in [-0.05, 0) is 12.1 Å². The Hall–Kier alpha value is -0.800. The van der Waals surface area contributed by atoms with Crippen molar-refractivity contribution < 1.29 is 4.74 Å². The fraction of sp³-hybridized carbons (Fsp3) is 0.429. The second-order valence-corrected chi connectivity index (χ2v) is 2.46. The van der Waals surface area contributed by atoms with Crippen molar-refractivity contribution in [2.45, 2.75) is 12.2 Å². The molecule has 2 unspecified atom stereocenters. The molecule has 0 saturated carbocycles. The van der Waals surface area contributed by atoms with Gasteiger partial charge < -0.3 is 15.5 Å². The van der Waals surface area contributed by atoms with Gasteiger partial charge in [-0.15, -0.1) is 0 Å². The van der Waals surface area contributed by atoms with E-state index in [4.69, 9.17) is 10.5 Å². The van der Waals surface area contributed by atoms with E-state index in [-0.39, 0.29) is 12.2 Å². The minimum Gasteiger partial charge on any atom is -0.363 e. The number of ether oxygens (including phenoxy) is 1. The Bertz CT molecular complexity index is 207. The summed E-state index contributed by atoms with van der Waals surface area (Å²) in [6, 6.07) is 3.98. The van der Waals surface area contributed by atoms with E-state index in [2.05, 4.69) is 4.98 Å². The summed E-state index contributed by atoms with van der Waals surface area (Å²) in [6.07, 6.45) is 2.38. The summed E-state index contributed by atoms with van der Waals surface area (Å²) in [5.74, 6) is 0. The highest BCUT2D eigenvalue weighted by atomic mass is 16.6. The topological polar surface area (TPSA) is 54.3 Å². The van der Waals surface area contributed by atoms with E-state index in [9.17, 15) is 0 Å². The van der Waals surface area contributed by atoms with Crippen molar-refractivity contribution in [2.24, 2.45) is 5.73 Å². The fourth-order valence-corrected chi connectivity index (χ4v) is 1.12. The van der Waals surface area contributed by atoms with Crippen LogP contribution in [0.5, 0.6) is 0 Å². The molecule has 3 N–H and O–H groups in total. The van der Waals surface area contributed by atoms with Gasteiger partial charge in [0.15, 0.2) is 0 Å². The Kier molecular flexibility index (Phi) is 1.25. The molecule has 1 aromatic heterocycles. The largest absolute Gasteiger partial charge is 0.363 e. The van der Waals surface area contributed by atoms with E-state index in [0.717, 1.165) is 5.69 Å². The van der Waals surface area contributed by atoms with E-state index >= 15 is 0 Å². The van der Waals surface area contributed by atoms with Crippen molar-refractivity contribution in [2.75, 3.05) is 6.54 Å². The fourth-order valence-electron chi connectivity index (χ4n) is 1.12. The van der Waals surface area contributed by atoms with Crippen LogP contribution in [0, 0.1) is 0 Å². The minimum absolute atomic E-state index is 0.236. The zero-order chi connectivity index (χ0) is 6.97. The second kappa shape index (κ2) is 2.11. The van der Waals surface area contributed by atoms with Gasteiger partial charge in [0.2, 0.25) is 0 Å². The highest BCUT2D eigenvalue weighted by Gasteiger charge is 2.39. The van der Waals surface area contributed by atoms with Crippen LogP contribution in [-0.2, 0) is 4.74 Å². The lowest BCUT2D eigenvalue weighted by Crippen LogP contribution is -2.06. The average molecular weight is 138 g/mol. The van der Waals surface area contributed by atoms with Gasteiger partial charge in [0.25, 0.3) is 0 Å². The molecule has 3 nitrogen and oxygen atoms in total. The van der Waals surface area contributed by atoms with E-state index in [1.807, 2.05) is 18.3 Å². The predicted octanol–water partition coefficient (Wildman–Crippen LogP) is 0.413. The Labute approximate surface area is 59.2 Å². The van der Waals surface area contributed by atoms with Gasteiger partial charge in [-0.25, -0.2) is 0 Å². The minimum atomic E-state index is 0.236. The second-order valence-electron chi connectivity index (χ2n) is 2.46. The summed E-state index contributed by atoms with van der Waals surface area (Å²) in [5, 5.41) is 0. The molecule has 54 valence electrons. The van der Waals surface area contributed by atoms with Crippen molar-refractivity contribution in [3.63, 3.8) is 0 Å². The van der Waals surface area contributed by atoms with Gasteiger partial charge in [0.05, 0.1) is 0 Å². The van der Waals surface area contributed by atoms with Crippen LogP contribution in [0.25, 0.3) is 0 Å². The molecule has 1 aliphatic rings. The van der Waals surface area contributed by atoms with Gasteiger partial charge in [-0.3, -0.25) is 0 Å². The van der Waals surface area contributed by atoms with Crippen LogP contribution in [-0.4, -0.2) is 17.6 Å². The molecule has 2 heterocycles. The van der Waals surface area contributed by atoms with Gasteiger partial charge >= 0.3 is 0 Å². The highest BCUT2D eigenvalue weighted by molar-refractivity contribution is 5.13. The van der Waals surface area contributed by atoms with Crippen molar-refractivity contribution in [1.29, 1.82) is 0 Å². The standard InChI is InChI=1S/C7H10N2O/c8-4-6-7(10-6)5-2-1-3-9-5/h1-3,6-7,9H,4,8H2. The van der Waals surface area contributed by atoms with Crippen LogP contribution in [0.3, 0.4) is 0 Å². The first-order valence-electron chi connectivity index (χ1n) is 3.40. The summed E-state index contributed by atoms with van der Waals surface area (Å²) >= 11 is 0. The Morgan fingerprint density at radius 3 is 3.10 bits per heavy atom. The monoisotopic (exact) mass is 138 g/mol. The summed E-state index contributed by atoms with van der Waals surface area (Å²) in [5.41, 5.74) is 6.53. The molecule has 2 rings (SSSR count). The van der Waals surface area contributed by atoms with Crippen LogP contribution < -0.4 is 5.73 Å². The highest BCUT2D eigenvalue weighted by Crippen LogP contribution is 2.36. The molecule has 1 saturated heterocycles. The van der Waals surface area contributed by atoms with Gasteiger partial charge in [0.1, 0.15) is 12.2 Å². The maximum Gasteiger partial charge on any atom is 0.125 e. The number of nitrogens with two attached hydrogens (primary N) is 1. The third-order valence-electron chi connectivity index (χ3n) is 1.74. The maximum absolute atomic E-state index is 5.39. The van der Waals surface area contributed by atoms with Gasteiger partial charge in [0, 0.05) is 18.4 Å². The number of aromatic amines is 1. The lowest BCUT2D eigenvalue weighted by atomic mass is 10.2. The van der Waals surface area contributed by atoms with Crippen LogP contribution in [0.15, 0.2) is 18.3 Å². The molecule has 1 aromatic rings. The number of hydrogen-bond donors (Lipinski definition) is 2. The number of rotatable bonds is 2. The Balaban J connectivity index is 2.05. The summed E-state index contributed by atoms with van der Waals surface area (Å²) in [6.45, 7) is 0.615. The number of H-pyrrole nitrogens is 1. The third kappa shape index (κ3) is 0.836. The first-order chi connectivity index (χ1) is 4.92. The van der Waals surface area contributed by atoms with E-state index in [0.29, 0.717) is 6.54 Å². The van der Waals surface area contributed by atoms with Crippen molar-refractivity contribution in [3.05, 3.63) is 24.0 Å². The lowest BCUT2D eigenvalue weighted by Gasteiger charge is -1.85. The lowest BCUT2D eigenvalue weighted by molar-refractivity contribution is 0.374. The molecule has 0 bridgehead atoms. The zero-order valence-electron chi connectivity index (χ0n) is 5.58. The van der Waals surface area contributed by atoms with Gasteiger partial charge in [-0.1, -0.05) is 0 Å². The first-order valence-corrected chi connectivity index (χ1v) is 3.40. The van der Waals surface area contributed by atoms with E-state index in [1.54, 1.807) is 0 Å². The molecular weight excluding hydrogens is 128 g/mol. The van der Waals surface area contributed by atoms with E-state index < -0.39 is 0 Å². The Morgan fingerprint density at radius 2 is 2.60 bits per heavy atom. The zero-order valence-corrected chi connectivity index (χ0v) is 5.58. The molecule has 0 spiro atoms. The number of hydrogen-bond acceptors (Lipinski definition) is 2. The quantitative estimate of drug-likeness (QED) is 0.582. The van der Waals surface area contributed by atoms with Gasteiger partial charge in [-0.2, -0.15) is 0 Å². The SMILES string of the molecule is NCC1OC1c1ccc[nH]1. The molecule has 10 heavy (non-hydrogen) atoms. The normalized spacial score (nSPS) is 30.5. The molecule has 0 radical (unpaired) electrons. The molecule has 1 fully saturated rings. The molecule has 0 aliphatic carbocycles. The van der Waals surface area contributed by atoms with Crippen LogP contribution in [0.2, 0.25) is 0 Å². The van der Waals surface area contributed by atoms with E-state index in [1.165, 1.54) is 0 Å². The van der Waals surface area contributed by atoms with Crippen LogP contribution in [0.4, 0.5) is 0 Å². The average Bonchev–Trinajstić information content (AvgIpc) is 2.56. The first kappa shape index (κ1) is 5.95. The van der Waals surface area contributed by atoms with Crippen molar-refractivity contribution in [1.82, 2.24) is 4.98 Å². The predicted molar refractivity (Wildman–Crippen MR) is 37.5 cm³/mol. The number of nitrogens with one attached hydrogen (secondary N) is 1. The number of aromatic nitrogens is 1. The molecule has 2 atom stereocenters. The summed E-state index contributed by atoms with van der Waals surface area (Å²) < 4.78 is 5.25. The molecule has 1 aliphatic heterocycles. The molecule has 3 heteroatoms. The molecular formula is C7H10N2O. The summed E-state index contributed by atoms with van der Waals surface area (Å²) in [7, 11) is 0. The molecule has 0 aromatic carbocycles. The Morgan fingerprint density at radius 1 is 1.70 bits per heavy atom. The third-order valence-corrected chi connectivity index (χ3v) is 1.74. The smallest absolute Gasteiger partial charge is 0.125 e. The molecule has 0 amide bonds. The summed E-state index contributed by atoms with van der Waals surface area (Å²) in [4.78, 5) is 3.08. The van der Waals surface area contributed by atoms with Crippen LogP contribution in [0.1, 0.15) is 11.8 Å². The number of epoxide rings is 1. The van der Waals surface area contributed by atoms with Crippen molar-refractivity contribution in [3.8, 4) is 0 Å². The maximum atomic E-state index is 5.39.